The molecule has 0 saturated carbocycles. The van der Waals surface area contributed by atoms with Crippen LogP contribution in [-0.4, -0.2) is 41.8 Å². The van der Waals surface area contributed by atoms with Crippen molar-refractivity contribution < 1.29 is 27.8 Å². The molecule has 0 fully saturated rings. The Hall–Kier alpha value is -2.90. The molecule has 0 bridgehead atoms. The molecule has 0 unspecified atom stereocenters. The first-order valence-electron chi connectivity index (χ1n) is 8.81. The fraction of sp³-hybridized carbons (Fsp3) is 0.400. The molecule has 0 aliphatic rings. The second-order valence-corrected chi connectivity index (χ2v) is 6.44. The number of carbonyl (C=O) groups is 2. The van der Waals surface area contributed by atoms with Crippen molar-refractivity contribution in [3.8, 4) is 11.5 Å². The number of Topliss-reactive ketones (excluding diaryl/α,β-unsaturated/α-hetero) is 1. The molecular formula is C20H24F2N2O4. The Morgan fingerprint density at radius 3 is 2.43 bits per heavy atom. The molecule has 0 radical (unpaired) electrons. The maximum Gasteiger partial charge on any atom is 0.387 e. The lowest BCUT2D eigenvalue weighted by atomic mass is 10.1. The van der Waals surface area contributed by atoms with Crippen molar-refractivity contribution in [3.63, 3.8) is 0 Å². The molecule has 1 aromatic carbocycles. The Balaban J connectivity index is 2.23. The van der Waals surface area contributed by atoms with Crippen LogP contribution in [0, 0.1) is 13.8 Å². The Morgan fingerprint density at radius 2 is 1.89 bits per heavy atom. The van der Waals surface area contributed by atoms with E-state index < -0.39 is 6.61 Å². The number of aryl methyl sites for hydroxylation is 1. The number of ether oxygens (including phenoxy) is 2. The van der Waals surface area contributed by atoms with E-state index in [0.717, 1.165) is 0 Å². The van der Waals surface area contributed by atoms with Gasteiger partial charge in [0.15, 0.2) is 17.3 Å². The Morgan fingerprint density at radius 1 is 1.21 bits per heavy atom. The highest BCUT2D eigenvalue weighted by Gasteiger charge is 2.22. The lowest BCUT2D eigenvalue weighted by molar-refractivity contribution is -0.0514. The van der Waals surface area contributed by atoms with Crippen LogP contribution in [0.15, 0.2) is 18.2 Å². The molecule has 8 heteroatoms. The highest BCUT2D eigenvalue weighted by atomic mass is 19.3. The van der Waals surface area contributed by atoms with Gasteiger partial charge < -0.3 is 19.4 Å². The van der Waals surface area contributed by atoms with Crippen LogP contribution < -0.4 is 9.47 Å². The summed E-state index contributed by atoms with van der Waals surface area (Å²) < 4.78 is 34.8. The van der Waals surface area contributed by atoms with Crippen LogP contribution in [0.4, 0.5) is 8.78 Å². The first-order chi connectivity index (χ1) is 13.1. The summed E-state index contributed by atoms with van der Waals surface area (Å²) in [5.74, 6) is -0.258. The van der Waals surface area contributed by atoms with Crippen molar-refractivity contribution in [1.82, 2.24) is 9.88 Å². The molecule has 6 nitrogen and oxygen atoms in total. The topological polar surface area (TPSA) is 71.6 Å². The summed E-state index contributed by atoms with van der Waals surface area (Å²) in [4.78, 5) is 29.0. The van der Waals surface area contributed by atoms with Crippen molar-refractivity contribution in [2.45, 2.75) is 40.9 Å². The van der Waals surface area contributed by atoms with E-state index in [2.05, 4.69) is 9.72 Å². The second-order valence-electron chi connectivity index (χ2n) is 6.44. The molecule has 2 rings (SSSR count). The number of aromatic nitrogens is 1. The van der Waals surface area contributed by atoms with Crippen molar-refractivity contribution in [3.05, 3.63) is 46.3 Å². The number of hydrogen-bond donors (Lipinski definition) is 1. The summed E-state index contributed by atoms with van der Waals surface area (Å²) in [7, 11) is 1.62. The zero-order chi connectivity index (χ0) is 21.0. The van der Waals surface area contributed by atoms with E-state index >= 15 is 0 Å². The minimum absolute atomic E-state index is 0.0588. The van der Waals surface area contributed by atoms with Crippen LogP contribution in [0.5, 0.6) is 11.5 Å². The van der Waals surface area contributed by atoms with E-state index in [1.165, 1.54) is 17.9 Å². The molecule has 152 valence electrons. The maximum absolute atomic E-state index is 12.8. The molecule has 1 heterocycles. The Bertz CT molecular complexity index is 877. The monoisotopic (exact) mass is 394 g/mol. The van der Waals surface area contributed by atoms with Gasteiger partial charge in [0.05, 0.1) is 6.61 Å². The first-order valence-corrected chi connectivity index (χ1v) is 8.81. The molecule has 0 aliphatic carbocycles. The normalized spacial score (nSPS) is 10.9. The van der Waals surface area contributed by atoms with Gasteiger partial charge in [0.1, 0.15) is 5.69 Å². The van der Waals surface area contributed by atoms with Crippen LogP contribution >= 0.6 is 0 Å². The van der Waals surface area contributed by atoms with Gasteiger partial charge in [0.2, 0.25) is 0 Å². The summed E-state index contributed by atoms with van der Waals surface area (Å²) in [6.45, 7) is 4.22. The number of H-pyrrole nitrogens is 1. The van der Waals surface area contributed by atoms with Crippen LogP contribution in [0.2, 0.25) is 0 Å². The van der Waals surface area contributed by atoms with Gasteiger partial charge in [-0.25, -0.2) is 0 Å². The van der Waals surface area contributed by atoms with E-state index in [1.807, 2.05) is 0 Å². The summed E-state index contributed by atoms with van der Waals surface area (Å²) in [6, 6.07) is 4.55. The fourth-order valence-corrected chi connectivity index (χ4v) is 3.14. The number of aromatic amines is 1. The standard InChI is InChI=1S/C20H24F2N2O4/c1-6-27-16-9-14(7-8-15(16)28-20(21)22)10-24(5)19(26)18-11(2)17(13(4)25)12(3)23-18/h7-9,20,23H,6,10H2,1-5H3. The van der Waals surface area contributed by atoms with Crippen molar-refractivity contribution in [2.75, 3.05) is 13.7 Å². The Kier molecular flexibility index (Phi) is 6.77. The molecule has 0 atom stereocenters. The molecular weight excluding hydrogens is 370 g/mol. The number of alkyl halides is 2. The van der Waals surface area contributed by atoms with Crippen LogP contribution in [-0.2, 0) is 6.54 Å². The van der Waals surface area contributed by atoms with Crippen molar-refractivity contribution in [2.24, 2.45) is 0 Å². The summed E-state index contributed by atoms with van der Waals surface area (Å²) in [6.07, 6.45) is 0. The third kappa shape index (κ3) is 4.68. The van der Waals surface area contributed by atoms with Gasteiger partial charge in [-0.3, -0.25) is 9.59 Å². The minimum Gasteiger partial charge on any atom is -0.490 e. The number of carbonyl (C=O) groups excluding carboxylic acids is 2. The summed E-state index contributed by atoms with van der Waals surface area (Å²) >= 11 is 0. The average molecular weight is 394 g/mol. The zero-order valence-electron chi connectivity index (χ0n) is 16.6. The van der Waals surface area contributed by atoms with Crippen LogP contribution in [0.1, 0.15) is 51.5 Å². The van der Waals surface area contributed by atoms with E-state index in [0.29, 0.717) is 28.1 Å². The van der Waals surface area contributed by atoms with Gasteiger partial charge in [-0.1, -0.05) is 6.07 Å². The molecule has 2 aromatic rings. The van der Waals surface area contributed by atoms with Gasteiger partial charge in [0.25, 0.3) is 5.91 Å². The lowest BCUT2D eigenvalue weighted by Crippen LogP contribution is -2.27. The predicted octanol–water partition coefficient (Wildman–Crippen LogP) is 4.11. The van der Waals surface area contributed by atoms with Crippen molar-refractivity contribution >= 4 is 11.7 Å². The molecule has 1 amide bonds. The van der Waals surface area contributed by atoms with Gasteiger partial charge in [0, 0.05) is 24.8 Å². The number of benzene rings is 1. The van der Waals surface area contributed by atoms with Crippen LogP contribution in [0.25, 0.3) is 0 Å². The number of nitrogens with zero attached hydrogens (tertiary/aromatic N) is 1. The molecule has 1 aromatic heterocycles. The number of amides is 1. The van der Waals surface area contributed by atoms with Gasteiger partial charge in [-0.05, 0) is 51.0 Å². The quantitative estimate of drug-likeness (QED) is 0.684. The Labute approximate surface area is 162 Å². The van der Waals surface area contributed by atoms with Crippen LogP contribution in [0.3, 0.4) is 0 Å². The third-order valence-electron chi connectivity index (χ3n) is 4.29. The van der Waals surface area contributed by atoms with E-state index in [-0.39, 0.29) is 36.3 Å². The average Bonchev–Trinajstić information content (AvgIpc) is 2.90. The number of rotatable bonds is 8. The summed E-state index contributed by atoms with van der Waals surface area (Å²) in [5, 5.41) is 0. The van der Waals surface area contributed by atoms with E-state index in [4.69, 9.17) is 4.74 Å². The largest absolute Gasteiger partial charge is 0.490 e. The molecule has 1 N–H and O–H groups in total. The SMILES string of the molecule is CCOc1cc(CN(C)C(=O)c2[nH]c(C)c(C(C)=O)c2C)ccc1OC(F)F. The smallest absolute Gasteiger partial charge is 0.387 e. The van der Waals surface area contributed by atoms with Gasteiger partial charge in [-0.15, -0.1) is 0 Å². The minimum atomic E-state index is -2.95. The number of hydrogen-bond acceptors (Lipinski definition) is 4. The molecule has 0 saturated heterocycles. The highest BCUT2D eigenvalue weighted by molar-refractivity contribution is 6.02. The molecule has 0 aliphatic heterocycles. The second kappa shape index (κ2) is 8.86. The number of ketones is 1. The highest BCUT2D eigenvalue weighted by Crippen LogP contribution is 2.30. The van der Waals surface area contributed by atoms with E-state index in [1.54, 1.807) is 40.0 Å². The van der Waals surface area contributed by atoms with Gasteiger partial charge >= 0.3 is 6.61 Å². The fourth-order valence-electron chi connectivity index (χ4n) is 3.14. The number of halogens is 2. The molecule has 0 spiro atoms. The summed E-state index contributed by atoms with van der Waals surface area (Å²) in [5.41, 5.74) is 2.82. The zero-order valence-corrected chi connectivity index (χ0v) is 16.6. The lowest BCUT2D eigenvalue weighted by Gasteiger charge is -2.19. The maximum atomic E-state index is 12.8. The predicted molar refractivity (Wildman–Crippen MR) is 100 cm³/mol. The molecule has 28 heavy (non-hydrogen) atoms. The third-order valence-corrected chi connectivity index (χ3v) is 4.29. The van der Waals surface area contributed by atoms with Gasteiger partial charge in [-0.2, -0.15) is 8.78 Å². The van der Waals surface area contributed by atoms with Crippen molar-refractivity contribution in [1.29, 1.82) is 0 Å². The van der Waals surface area contributed by atoms with E-state index in [9.17, 15) is 18.4 Å². The first kappa shape index (κ1) is 21.4. The number of nitrogens with one attached hydrogen (secondary N) is 1.